The SMILES string of the molecule is CCCCS(=O)(=O)NC(Cc1ccc2cc(OCCCN3CCNCC3)ccc2c1)C(=O)O. The molecule has 1 unspecified atom stereocenters. The van der Waals surface area contributed by atoms with E-state index in [1.807, 2.05) is 43.3 Å². The minimum atomic E-state index is -3.63. The molecule has 0 aliphatic carbocycles. The van der Waals surface area contributed by atoms with E-state index in [-0.39, 0.29) is 12.2 Å². The number of sulfonamides is 1. The van der Waals surface area contributed by atoms with Gasteiger partial charge < -0.3 is 20.1 Å². The molecule has 3 N–H and O–H groups in total. The number of rotatable bonds is 13. The van der Waals surface area contributed by atoms with Crippen LogP contribution in [0.15, 0.2) is 36.4 Å². The van der Waals surface area contributed by atoms with Crippen LogP contribution >= 0.6 is 0 Å². The fourth-order valence-electron chi connectivity index (χ4n) is 3.93. The first-order valence-corrected chi connectivity index (χ1v) is 13.3. The maximum absolute atomic E-state index is 12.1. The van der Waals surface area contributed by atoms with Gasteiger partial charge in [-0.1, -0.05) is 37.6 Å². The molecule has 1 saturated heterocycles. The number of hydrogen-bond donors (Lipinski definition) is 3. The number of aliphatic carboxylic acids is 1. The predicted octanol–water partition coefficient (Wildman–Crippen LogP) is 2.23. The quantitative estimate of drug-likeness (QED) is 0.380. The van der Waals surface area contributed by atoms with Crippen molar-refractivity contribution in [3.63, 3.8) is 0 Å². The van der Waals surface area contributed by atoms with Gasteiger partial charge in [0.2, 0.25) is 10.0 Å². The summed E-state index contributed by atoms with van der Waals surface area (Å²) in [6.07, 6.45) is 2.28. The molecule has 1 aliphatic rings. The molecule has 0 saturated carbocycles. The number of nitrogens with one attached hydrogen (secondary N) is 2. The Morgan fingerprint density at radius 2 is 1.88 bits per heavy atom. The van der Waals surface area contributed by atoms with Crippen LogP contribution in [-0.4, -0.2) is 75.5 Å². The van der Waals surface area contributed by atoms with E-state index in [0.717, 1.165) is 67.7 Å². The van der Waals surface area contributed by atoms with Crippen molar-refractivity contribution in [3.05, 3.63) is 42.0 Å². The van der Waals surface area contributed by atoms with Gasteiger partial charge in [-0.05, 0) is 47.7 Å². The van der Waals surface area contributed by atoms with Gasteiger partial charge in [-0.25, -0.2) is 13.1 Å². The number of benzene rings is 2. The first-order valence-electron chi connectivity index (χ1n) is 11.7. The molecule has 9 heteroatoms. The number of piperazine rings is 1. The first kappa shape index (κ1) is 25.4. The van der Waals surface area contributed by atoms with Gasteiger partial charge in [0.15, 0.2) is 0 Å². The van der Waals surface area contributed by atoms with Gasteiger partial charge >= 0.3 is 5.97 Å². The van der Waals surface area contributed by atoms with Crippen LogP contribution in [0.1, 0.15) is 31.7 Å². The molecule has 0 spiro atoms. The fraction of sp³-hybridized carbons (Fsp3) is 0.542. The van der Waals surface area contributed by atoms with Crippen molar-refractivity contribution in [1.82, 2.24) is 14.9 Å². The minimum Gasteiger partial charge on any atom is -0.494 e. The van der Waals surface area contributed by atoms with E-state index in [0.29, 0.717) is 13.0 Å². The third-order valence-corrected chi connectivity index (χ3v) is 7.27. The average molecular weight is 478 g/mol. The topological polar surface area (TPSA) is 108 Å². The van der Waals surface area contributed by atoms with Crippen molar-refractivity contribution < 1.29 is 23.1 Å². The zero-order valence-corrected chi connectivity index (χ0v) is 20.1. The maximum Gasteiger partial charge on any atom is 0.322 e. The molecule has 1 atom stereocenters. The molecule has 8 nitrogen and oxygen atoms in total. The van der Waals surface area contributed by atoms with E-state index >= 15 is 0 Å². The Morgan fingerprint density at radius 3 is 2.61 bits per heavy atom. The number of carboxylic acids is 1. The molecule has 0 aromatic heterocycles. The van der Waals surface area contributed by atoms with Gasteiger partial charge in [0, 0.05) is 32.7 Å². The molecule has 182 valence electrons. The summed E-state index contributed by atoms with van der Waals surface area (Å²) in [6.45, 7) is 7.85. The van der Waals surface area contributed by atoms with Crippen LogP contribution in [0.2, 0.25) is 0 Å². The number of carboxylic acid groups (broad SMARTS) is 1. The Hall–Kier alpha value is -2.20. The number of hydrogen-bond acceptors (Lipinski definition) is 6. The van der Waals surface area contributed by atoms with E-state index in [2.05, 4.69) is 14.9 Å². The Kier molecular flexibility index (Phi) is 9.49. The summed E-state index contributed by atoms with van der Waals surface area (Å²) in [6, 6.07) is 10.3. The largest absolute Gasteiger partial charge is 0.494 e. The van der Waals surface area contributed by atoms with E-state index < -0.39 is 22.0 Å². The normalized spacial score (nSPS) is 16.0. The highest BCUT2D eigenvalue weighted by Gasteiger charge is 2.24. The van der Waals surface area contributed by atoms with Gasteiger partial charge in [-0.2, -0.15) is 0 Å². The maximum atomic E-state index is 12.1. The van der Waals surface area contributed by atoms with Crippen LogP contribution < -0.4 is 14.8 Å². The van der Waals surface area contributed by atoms with Crippen molar-refractivity contribution >= 4 is 26.8 Å². The second-order valence-electron chi connectivity index (χ2n) is 8.52. The summed E-state index contributed by atoms with van der Waals surface area (Å²) in [5, 5.41) is 14.8. The summed E-state index contributed by atoms with van der Waals surface area (Å²) in [5.74, 6) is -0.439. The third kappa shape index (κ3) is 8.26. The number of unbranched alkanes of at least 4 members (excludes halogenated alkanes) is 1. The first-order chi connectivity index (χ1) is 15.9. The smallest absolute Gasteiger partial charge is 0.322 e. The monoisotopic (exact) mass is 477 g/mol. The number of fused-ring (bicyclic) bond motifs is 1. The summed E-state index contributed by atoms with van der Waals surface area (Å²) < 4.78 is 32.6. The highest BCUT2D eigenvalue weighted by molar-refractivity contribution is 7.89. The highest BCUT2D eigenvalue weighted by atomic mass is 32.2. The van der Waals surface area contributed by atoms with Crippen LogP contribution in [0.5, 0.6) is 5.75 Å². The number of nitrogens with zero attached hydrogens (tertiary/aromatic N) is 1. The molecule has 1 fully saturated rings. The number of carbonyl (C=O) groups is 1. The average Bonchev–Trinajstić information content (AvgIpc) is 2.80. The van der Waals surface area contributed by atoms with Crippen LogP contribution in [0.25, 0.3) is 10.8 Å². The summed E-state index contributed by atoms with van der Waals surface area (Å²) >= 11 is 0. The molecule has 0 radical (unpaired) electrons. The van der Waals surface area contributed by atoms with Crippen molar-refractivity contribution in [2.24, 2.45) is 0 Å². The third-order valence-electron chi connectivity index (χ3n) is 5.80. The molecular weight excluding hydrogens is 442 g/mol. The minimum absolute atomic E-state index is 0.0665. The van der Waals surface area contributed by atoms with Gasteiger partial charge in [0.05, 0.1) is 12.4 Å². The fourth-order valence-corrected chi connectivity index (χ4v) is 5.33. The van der Waals surface area contributed by atoms with Crippen LogP contribution in [-0.2, 0) is 21.2 Å². The van der Waals surface area contributed by atoms with Crippen LogP contribution in [0.4, 0.5) is 0 Å². The molecule has 0 amide bonds. The lowest BCUT2D eigenvalue weighted by Gasteiger charge is -2.26. The van der Waals surface area contributed by atoms with Crippen molar-refractivity contribution in [2.75, 3.05) is 45.1 Å². The molecular formula is C24H35N3O5S. The summed E-state index contributed by atoms with van der Waals surface area (Å²) in [5.41, 5.74) is 0.762. The Bertz CT molecular complexity index is 1020. The Balaban J connectivity index is 1.57. The van der Waals surface area contributed by atoms with E-state index in [1.54, 1.807) is 0 Å². The van der Waals surface area contributed by atoms with Gasteiger partial charge in [-0.3, -0.25) is 4.79 Å². The molecule has 3 rings (SSSR count). The highest BCUT2D eigenvalue weighted by Crippen LogP contribution is 2.23. The van der Waals surface area contributed by atoms with E-state index in [4.69, 9.17) is 4.74 Å². The molecule has 1 aliphatic heterocycles. The second-order valence-corrected chi connectivity index (χ2v) is 10.4. The van der Waals surface area contributed by atoms with E-state index in [1.165, 1.54) is 0 Å². The Morgan fingerprint density at radius 1 is 1.15 bits per heavy atom. The zero-order valence-electron chi connectivity index (χ0n) is 19.3. The molecule has 2 aromatic carbocycles. The zero-order chi connectivity index (χ0) is 23.7. The number of ether oxygens (including phenoxy) is 1. The van der Waals surface area contributed by atoms with Crippen LogP contribution in [0, 0.1) is 0 Å². The van der Waals surface area contributed by atoms with Crippen molar-refractivity contribution in [2.45, 2.75) is 38.6 Å². The lowest BCUT2D eigenvalue weighted by Crippen LogP contribution is -2.43. The standard InChI is InChI=1S/C24H35N3O5S/c1-2-3-15-33(30,31)26-23(24(28)29)17-19-5-6-21-18-22(8-7-20(21)16-19)32-14-4-11-27-12-9-25-10-13-27/h5-8,16,18,23,25-26H,2-4,9-15,17H2,1H3,(H,28,29). The molecule has 33 heavy (non-hydrogen) atoms. The summed E-state index contributed by atoms with van der Waals surface area (Å²) in [7, 11) is -3.63. The molecule has 2 aromatic rings. The van der Waals surface area contributed by atoms with Crippen LogP contribution in [0.3, 0.4) is 0 Å². The Labute approximate surface area is 196 Å². The van der Waals surface area contributed by atoms with Gasteiger partial charge in [0.1, 0.15) is 11.8 Å². The predicted molar refractivity (Wildman–Crippen MR) is 130 cm³/mol. The molecule has 1 heterocycles. The van der Waals surface area contributed by atoms with E-state index in [9.17, 15) is 18.3 Å². The van der Waals surface area contributed by atoms with Gasteiger partial charge in [0.25, 0.3) is 0 Å². The van der Waals surface area contributed by atoms with Gasteiger partial charge in [-0.15, -0.1) is 0 Å². The lowest BCUT2D eigenvalue weighted by molar-refractivity contribution is -0.138. The molecule has 0 bridgehead atoms. The van der Waals surface area contributed by atoms with Crippen molar-refractivity contribution in [3.8, 4) is 5.75 Å². The lowest BCUT2D eigenvalue weighted by atomic mass is 10.0. The van der Waals surface area contributed by atoms with Crippen molar-refractivity contribution in [1.29, 1.82) is 0 Å². The summed E-state index contributed by atoms with van der Waals surface area (Å²) in [4.78, 5) is 14.1. The second kappa shape index (κ2) is 12.3.